The number of aromatic amines is 1. The van der Waals surface area contributed by atoms with Gasteiger partial charge in [-0.1, -0.05) is 0 Å². The molecule has 11 heteroatoms. The molecule has 1 fully saturated rings. The highest BCUT2D eigenvalue weighted by molar-refractivity contribution is 5.97. The summed E-state index contributed by atoms with van der Waals surface area (Å²) in [6.07, 6.45) is 8.70. The molecule has 0 radical (unpaired) electrons. The zero-order valence-corrected chi connectivity index (χ0v) is 17.2. The molecule has 0 bridgehead atoms. The van der Waals surface area contributed by atoms with Gasteiger partial charge in [0.25, 0.3) is 0 Å². The van der Waals surface area contributed by atoms with Crippen LogP contribution in [0, 0.1) is 5.82 Å². The highest BCUT2D eigenvalue weighted by atomic mass is 19.3. The Balaban J connectivity index is 1.42. The van der Waals surface area contributed by atoms with Gasteiger partial charge in [-0.25, -0.2) is 9.37 Å². The summed E-state index contributed by atoms with van der Waals surface area (Å²) in [6.45, 7) is -2.75. The van der Waals surface area contributed by atoms with Crippen LogP contribution in [-0.4, -0.2) is 50.2 Å². The van der Waals surface area contributed by atoms with E-state index in [0.29, 0.717) is 59.7 Å². The first-order valence-electron chi connectivity index (χ1n) is 10.3. The van der Waals surface area contributed by atoms with E-state index in [1.807, 2.05) is 0 Å². The maximum absolute atomic E-state index is 14.5. The van der Waals surface area contributed by atoms with Crippen molar-refractivity contribution in [3.8, 4) is 17.0 Å². The van der Waals surface area contributed by atoms with Crippen LogP contribution in [0.2, 0.25) is 0 Å². The molecular weight excluding hydrogens is 425 g/mol. The molecular formula is C21H21F3N6O2. The lowest BCUT2D eigenvalue weighted by molar-refractivity contribution is -0.169. The van der Waals surface area contributed by atoms with Crippen LogP contribution in [0.5, 0.6) is 5.88 Å². The quantitative estimate of drug-likeness (QED) is 0.457. The Morgan fingerprint density at radius 1 is 1.22 bits per heavy atom. The van der Waals surface area contributed by atoms with Gasteiger partial charge in [0.15, 0.2) is 11.5 Å². The van der Waals surface area contributed by atoms with E-state index in [1.165, 1.54) is 19.4 Å². The topological polar surface area (TPSA) is 89.4 Å². The third kappa shape index (κ3) is 3.83. The Bertz CT molecular complexity index is 1250. The van der Waals surface area contributed by atoms with E-state index >= 15 is 0 Å². The van der Waals surface area contributed by atoms with Gasteiger partial charge < -0.3 is 24.2 Å². The number of fused-ring (bicyclic) bond motifs is 2. The van der Waals surface area contributed by atoms with Crippen LogP contribution in [0.25, 0.3) is 27.8 Å². The van der Waals surface area contributed by atoms with Crippen LogP contribution in [0.15, 0.2) is 30.9 Å². The molecule has 0 atom stereocenters. The van der Waals surface area contributed by atoms with Crippen LogP contribution in [0.4, 0.5) is 19.1 Å². The van der Waals surface area contributed by atoms with Crippen molar-refractivity contribution in [3.05, 3.63) is 36.7 Å². The van der Waals surface area contributed by atoms with Gasteiger partial charge in [-0.05, 0) is 31.7 Å². The number of imidazole rings is 1. The maximum Gasteiger partial charge on any atom is 0.345 e. The number of ether oxygens (including phenoxy) is 2. The number of halogens is 3. The van der Waals surface area contributed by atoms with Gasteiger partial charge in [0.05, 0.1) is 18.6 Å². The molecule has 0 spiro atoms. The van der Waals surface area contributed by atoms with E-state index in [4.69, 9.17) is 4.74 Å². The van der Waals surface area contributed by atoms with Gasteiger partial charge in [0, 0.05) is 42.0 Å². The predicted molar refractivity (Wildman–Crippen MR) is 111 cm³/mol. The number of nitrogens with zero attached hydrogens (tertiary/aromatic N) is 4. The smallest absolute Gasteiger partial charge is 0.345 e. The number of alkyl halides is 2. The normalized spacial score (nSPS) is 19.2. The minimum atomic E-state index is -2.75. The molecule has 5 rings (SSSR count). The second-order valence-corrected chi connectivity index (χ2v) is 7.73. The number of methoxy groups -OCH3 is 1. The minimum absolute atomic E-state index is 0.0434. The van der Waals surface area contributed by atoms with Crippen molar-refractivity contribution in [1.29, 1.82) is 0 Å². The van der Waals surface area contributed by atoms with Crippen molar-refractivity contribution in [2.24, 2.45) is 0 Å². The minimum Gasteiger partial charge on any atom is -0.480 e. The van der Waals surface area contributed by atoms with Crippen molar-refractivity contribution < 1.29 is 22.6 Å². The fourth-order valence-electron chi connectivity index (χ4n) is 4.25. The van der Waals surface area contributed by atoms with Crippen molar-refractivity contribution in [3.63, 3.8) is 0 Å². The molecule has 2 N–H and O–H groups in total. The molecule has 1 saturated carbocycles. The second-order valence-electron chi connectivity index (χ2n) is 7.73. The summed E-state index contributed by atoms with van der Waals surface area (Å²) in [5.74, 6) is 0.276. The number of H-pyrrole nitrogens is 1. The van der Waals surface area contributed by atoms with Gasteiger partial charge in [-0.3, -0.25) is 0 Å². The van der Waals surface area contributed by atoms with Crippen LogP contribution < -0.4 is 10.1 Å². The predicted octanol–water partition coefficient (Wildman–Crippen LogP) is 4.38. The van der Waals surface area contributed by atoms with Gasteiger partial charge in [-0.15, -0.1) is 0 Å². The van der Waals surface area contributed by atoms with Crippen LogP contribution >= 0.6 is 0 Å². The number of anilines is 1. The number of pyridine rings is 1. The van der Waals surface area contributed by atoms with E-state index < -0.39 is 18.5 Å². The monoisotopic (exact) mass is 446 g/mol. The summed E-state index contributed by atoms with van der Waals surface area (Å²) >= 11 is 0. The van der Waals surface area contributed by atoms with Gasteiger partial charge >= 0.3 is 6.61 Å². The van der Waals surface area contributed by atoms with Crippen molar-refractivity contribution in [1.82, 2.24) is 24.3 Å². The number of hydrogen-bond donors (Lipinski definition) is 2. The molecule has 0 aromatic carbocycles. The Morgan fingerprint density at radius 3 is 2.78 bits per heavy atom. The molecule has 4 aromatic rings. The molecule has 8 nitrogen and oxygen atoms in total. The number of aromatic nitrogens is 5. The molecule has 0 saturated heterocycles. The average Bonchev–Trinajstić information content (AvgIpc) is 3.41. The first-order chi connectivity index (χ1) is 15.5. The van der Waals surface area contributed by atoms with Gasteiger partial charge in [0.1, 0.15) is 5.65 Å². The zero-order chi connectivity index (χ0) is 22.2. The highest BCUT2D eigenvalue weighted by Crippen LogP contribution is 2.35. The Labute approximate surface area is 180 Å². The van der Waals surface area contributed by atoms with Crippen LogP contribution in [0.1, 0.15) is 25.7 Å². The van der Waals surface area contributed by atoms with Crippen molar-refractivity contribution in [2.45, 2.75) is 44.4 Å². The molecule has 4 aromatic heterocycles. The van der Waals surface area contributed by atoms with Gasteiger partial charge in [-0.2, -0.15) is 18.7 Å². The van der Waals surface area contributed by atoms with Crippen molar-refractivity contribution >= 4 is 22.6 Å². The SMILES string of the molecule is COc1nc(N[C@H]2CC[C@H](OC(F)F)CC2)nc2[nH]cc(-c3cc(F)c4nccn4c3)c12. The molecule has 1 aliphatic carbocycles. The van der Waals surface area contributed by atoms with E-state index in [9.17, 15) is 13.2 Å². The van der Waals surface area contributed by atoms with E-state index in [2.05, 4.69) is 30.0 Å². The zero-order valence-electron chi connectivity index (χ0n) is 17.2. The van der Waals surface area contributed by atoms with Crippen LogP contribution in [0.3, 0.4) is 0 Å². The Hall–Kier alpha value is -3.34. The highest BCUT2D eigenvalue weighted by Gasteiger charge is 2.25. The third-order valence-corrected chi connectivity index (χ3v) is 5.75. The number of hydrogen-bond acceptors (Lipinski definition) is 6. The molecule has 1 aliphatic rings. The average molecular weight is 446 g/mol. The molecule has 4 heterocycles. The fourth-order valence-corrected chi connectivity index (χ4v) is 4.25. The Kier molecular flexibility index (Phi) is 5.33. The summed E-state index contributed by atoms with van der Waals surface area (Å²) in [7, 11) is 1.51. The number of nitrogens with one attached hydrogen (secondary N) is 2. The molecule has 0 aliphatic heterocycles. The fraction of sp³-hybridized carbons (Fsp3) is 0.381. The first-order valence-corrected chi connectivity index (χ1v) is 10.3. The molecule has 0 unspecified atom stereocenters. The molecule has 168 valence electrons. The lowest BCUT2D eigenvalue weighted by Gasteiger charge is -2.28. The summed E-state index contributed by atoms with van der Waals surface area (Å²) in [5, 5.41) is 3.89. The molecule has 32 heavy (non-hydrogen) atoms. The summed E-state index contributed by atoms with van der Waals surface area (Å²) in [6, 6.07) is 1.46. The first kappa shape index (κ1) is 20.6. The standard InChI is InChI=1S/C21H21F3N6O2/c1-31-19-16-14(11-8-15(22)18-25-6-7-30(18)10-11)9-26-17(16)28-21(29-19)27-12-2-4-13(5-3-12)32-20(23)24/h6-10,12-13,20H,2-5H2,1H3,(H2,26,27,28,29)/t12-,13-. The van der Waals surface area contributed by atoms with E-state index in [1.54, 1.807) is 23.0 Å². The maximum atomic E-state index is 14.5. The molecule has 0 amide bonds. The second kappa shape index (κ2) is 8.30. The lowest BCUT2D eigenvalue weighted by atomic mass is 9.93. The Morgan fingerprint density at radius 2 is 2.03 bits per heavy atom. The third-order valence-electron chi connectivity index (χ3n) is 5.75. The lowest BCUT2D eigenvalue weighted by Crippen LogP contribution is -2.31. The largest absolute Gasteiger partial charge is 0.480 e. The number of rotatable bonds is 6. The van der Waals surface area contributed by atoms with Crippen LogP contribution in [-0.2, 0) is 4.74 Å². The summed E-state index contributed by atoms with van der Waals surface area (Å²) in [5.41, 5.74) is 2.11. The van der Waals surface area contributed by atoms with E-state index in [0.717, 1.165) is 0 Å². The summed E-state index contributed by atoms with van der Waals surface area (Å²) < 4.78 is 51.0. The van der Waals surface area contributed by atoms with Crippen molar-refractivity contribution in [2.75, 3.05) is 12.4 Å². The summed E-state index contributed by atoms with van der Waals surface area (Å²) in [4.78, 5) is 16.1. The van der Waals surface area contributed by atoms with E-state index in [-0.39, 0.29) is 11.7 Å². The van der Waals surface area contributed by atoms with Gasteiger partial charge in [0.2, 0.25) is 11.8 Å².